The zero-order valence-corrected chi connectivity index (χ0v) is 15.9. The normalized spacial score (nSPS) is 11.7. The van der Waals surface area contributed by atoms with Crippen molar-refractivity contribution in [2.75, 3.05) is 0 Å². The molecule has 27 heavy (non-hydrogen) atoms. The number of carbonyl (C=O) groups is 1. The third-order valence-corrected chi connectivity index (χ3v) is 4.14. The molecule has 0 radical (unpaired) electrons. The Morgan fingerprint density at radius 1 is 0.630 bits per heavy atom. The predicted molar refractivity (Wildman–Crippen MR) is 107 cm³/mol. The molecule has 0 atom stereocenters. The van der Waals surface area contributed by atoms with Gasteiger partial charge in [-0.3, -0.25) is 4.79 Å². The average molecular weight is 360 g/mol. The van der Waals surface area contributed by atoms with E-state index < -0.39 is 11.2 Å². The van der Waals surface area contributed by atoms with Gasteiger partial charge in [-0.1, -0.05) is 87.5 Å². The van der Waals surface area contributed by atoms with Crippen LogP contribution in [0.25, 0.3) is 0 Å². The molecule has 138 valence electrons. The van der Waals surface area contributed by atoms with E-state index in [2.05, 4.69) is 0 Å². The summed E-state index contributed by atoms with van der Waals surface area (Å²) in [6.45, 7) is 5.61. The topological polar surface area (TPSA) is 35.5 Å². The van der Waals surface area contributed by atoms with Crippen LogP contribution in [-0.2, 0) is 10.6 Å². The van der Waals surface area contributed by atoms with E-state index in [-0.39, 0.29) is 5.78 Å². The number of hydrogen-bond donors (Lipinski definition) is 0. The van der Waals surface area contributed by atoms with Gasteiger partial charge in [0, 0.05) is 11.0 Å². The number of hydrogen-bond acceptors (Lipinski definition) is 3. The van der Waals surface area contributed by atoms with Crippen LogP contribution < -0.4 is 9.47 Å². The minimum atomic E-state index is -1.60. The van der Waals surface area contributed by atoms with Gasteiger partial charge in [0.2, 0.25) is 5.78 Å². The molecule has 0 spiro atoms. The molecular weight excluding hydrogens is 336 g/mol. The minimum absolute atomic E-state index is 0.158. The summed E-state index contributed by atoms with van der Waals surface area (Å²) in [6.07, 6.45) is 0. The summed E-state index contributed by atoms with van der Waals surface area (Å²) in [5.74, 6) is -0.624. The molecule has 0 saturated carbocycles. The highest BCUT2D eigenvalue weighted by Gasteiger charge is 2.50. The largest absolute Gasteiger partial charge is 0.442 e. The summed E-state index contributed by atoms with van der Waals surface area (Å²) in [4.78, 5) is 13.6. The van der Waals surface area contributed by atoms with Gasteiger partial charge in [0.25, 0.3) is 0 Å². The molecule has 3 nitrogen and oxygen atoms in total. The molecule has 0 aromatic heterocycles. The highest BCUT2D eigenvalue weighted by atomic mass is 16.7. The molecule has 3 aromatic carbocycles. The standard InChI is InChI=1S/C24H24O3/c1-23(2,3)22(25)24(19-13-7-4-8-14-19,26-20-15-9-5-10-16-20)27-21-17-11-6-12-18-21/h4-18H,1-3H3. The number of Topliss-reactive ketones (excluding diaryl/α,β-unsaturated/α-hetero) is 1. The zero-order valence-electron chi connectivity index (χ0n) is 15.9. The Bertz CT molecular complexity index is 824. The monoisotopic (exact) mass is 360 g/mol. The van der Waals surface area contributed by atoms with Crippen LogP contribution in [0.5, 0.6) is 11.5 Å². The molecule has 3 rings (SSSR count). The third kappa shape index (κ3) is 4.20. The highest BCUT2D eigenvalue weighted by molar-refractivity contribution is 5.92. The third-order valence-electron chi connectivity index (χ3n) is 4.14. The molecule has 0 aliphatic rings. The molecule has 0 heterocycles. The number of carbonyl (C=O) groups excluding carboxylic acids is 1. The van der Waals surface area contributed by atoms with E-state index in [0.717, 1.165) is 0 Å². The van der Waals surface area contributed by atoms with E-state index in [4.69, 9.17) is 9.47 Å². The molecule has 0 aliphatic heterocycles. The number of ketones is 1. The highest BCUT2D eigenvalue weighted by Crippen LogP contribution is 2.37. The fraction of sp³-hybridized carbons (Fsp3) is 0.208. The molecule has 3 heteroatoms. The summed E-state index contributed by atoms with van der Waals surface area (Å²) < 4.78 is 12.6. The van der Waals surface area contributed by atoms with Crippen molar-refractivity contribution in [2.45, 2.75) is 26.6 Å². The lowest BCUT2D eigenvalue weighted by atomic mass is 9.82. The quantitative estimate of drug-likeness (QED) is 0.536. The first-order valence-corrected chi connectivity index (χ1v) is 9.00. The summed E-state index contributed by atoms with van der Waals surface area (Å²) in [5.41, 5.74) is -0.0306. The smallest absolute Gasteiger partial charge is 0.339 e. The Hall–Kier alpha value is -3.07. The maximum absolute atomic E-state index is 13.6. The lowest BCUT2D eigenvalue weighted by Crippen LogP contribution is -2.52. The van der Waals surface area contributed by atoms with Crippen LogP contribution in [0, 0.1) is 5.41 Å². The van der Waals surface area contributed by atoms with E-state index in [1.54, 1.807) is 0 Å². The van der Waals surface area contributed by atoms with Crippen molar-refractivity contribution >= 4 is 5.78 Å². The van der Waals surface area contributed by atoms with E-state index in [0.29, 0.717) is 17.1 Å². The van der Waals surface area contributed by atoms with E-state index in [1.165, 1.54) is 0 Å². The average Bonchev–Trinajstić information content (AvgIpc) is 2.68. The Morgan fingerprint density at radius 2 is 1.00 bits per heavy atom. The summed E-state index contributed by atoms with van der Waals surface area (Å²) in [5, 5.41) is 0. The molecule has 0 N–H and O–H groups in total. The first kappa shape index (κ1) is 18.7. The summed E-state index contributed by atoms with van der Waals surface area (Å²) in [7, 11) is 0. The molecular formula is C24H24O3. The molecule has 0 aliphatic carbocycles. The second-order valence-corrected chi connectivity index (χ2v) is 7.39. The van der Waals surface area contributed by atoms with Crippen molar-refractivity contribution in [3.05, 3.63) is 96.6 Å². The van der Waals surface area contributed by atoms with Gasteiger partial charge >= 0.3 is 5.79 Å². The number of para-hydroxylation sites is 2. The molecule has 0 fully saturated rings. The van der Waals surface area contributed by atoms with Gasteiger partial charge in [0.05, 0.1) is 0 Å². The molecule has 0 bridgehead atoms. The van der Waals surface area contributed by atoms with Crippen LogP contribution in [0.15, 0.2) is 91.0 Å². The van der Waals surface area contributed by atoms with Crippen molar-refractivity contribution in [3.63, 3.8) is 0 Å². The van der Waals surface area contributed by atoms with Crippen molar-refractivity contribution in [1.82, 2.24) is 0 Å². The Balaban J connectivity index is 2.18. The van der Waals surface area contributed by atoms with Gasteiger partial charge < -0.3 is 9.47 Å². The fourth-order valence-electron chi connectivity index (χ4n) is 2.82. The van der Waals surface area contributed by atoms with Gasteiger partial charge in [-0.2, -0.15) is 0 Å². The summed E-state index contributed by atoms with van der Waals surface area (Å²) >= 11 is 0. The van der Waals surface area contributed by atoms with Crippen LogP contribution in [0.1, 0.15) is 26.3 Å². The molecule has 0 unspecified atom stereocenters. The lowest BCUT2D eigenvalue weighted by molar-refractivity contribution is -0.176. The van der Waals surface area contributed by atoms with E-state index >= 15 is 0 Å². The van der Waals surface area contributed by atoms with E-state index in [1.807, 2.05) is 112 Å². The second-order valence-electron chi connectivity index (χ2n) is 7.39. The zero-order chi connectivity index (χ0) is 19.3. The fourth-order valence-corrected chi connectivity index (χ4v) is 2.82. The molecule has 0 saturated heterocycles. The minimum Gasteiger partial charge on any atom is -0.442 e. The van der Waals surface area contributed by atoms with Gasteiger partial charge in [-0.25, -0.2) is 0 Å². The number of ether oxygens (including phenoxy) is 2. The van der Waals surface area contributed by atoms with Gasteiger partial charge in [-0.15, -0.1) is 0 Å². The van der Waals surface area contributed by atoms with Crippen LogP contribution >= 0.6 is 0 Å². The number of benzene rings is 3. The predicted octanol–water partition coefficient (Wildman–Crippen LogP) is 5.61. The van der Waals surface area contributed by atoms with Crippen molar-refractivity contribution < 1.29 is 14.3 Å². The lowest BCUT2D eigenvalue weighted by Gasteiger charge is -2.37. The van der Waals surface area contributed by atoms with Crippen LogP contribution in [0.2, 0.25) is 0 Å². The molecule has 3 aromatic rings. The maximum Gasteiger partial charge on any atom is 0.339 e. The van der Waals surface area contributed by atoms with Crippen molar-refractivity contribution in [1.29, 1.82) is 0 Å². The van der Waals surface area contributed by atoms with Crippen LogP contribution in [-0.4, -0.2) is 5.78 Å². The number of rotatable bonds is 6. The second kappa shape index (κ2) is 7.67. The van der Waals surface area contributed by atoms with Crippen molar-refractivity contribution in [2.24, 2.45) is 5.41 Å². The van der Waals surface area contributed by atoms with Gasteiger partial charge in [-0.05, 0) is 24.3 Å². The maximum atomic E-state index is 13.6. The van der Waals surface area contributed by atoms with Crippen LogP contribution in [0.4, 0.5) is 0 Å². The summed E-state index contributed by atoms with van der Waals surface area (Å²) in [6, 6.07) is 27.9. The molecule has 0 amide bonds. The van der Waals surface area contributed by atoms with Gasteiger partial charge in [0.1, 0.15) is 11.5 Å². The Kier molecular flexibility index (Phi) is 5.31. The van der Waals surface area contributed by atoms with Crippen LogP contribution in [0.3, 0.4) is 0 Å². The van der Waals surface area contributed by atoms with Crippen molar-refractivity contribution in [3.8, 4) is 11.5 Å². The van der Waals surface area contributed by atoms with Gasteiger partial charge in [0.15, 0.2) is 0 Å². The SMILES string of the molecule is CC(C)(C)C(=O)C(Oc1ccccc1)(Oc1ccccc1)c1ccccc1. The first-order chi connectivity index (χ1) is 12.9. The Morgan fingerprint density at radius 3 is 1.37 bits per heavy atom. The first-order valence-electron chi connectivity index (χ1n) is 9.00. The Labute approximate surface area is 160 Å². The van der Waals surface area contributed by atoms with E-state index in [9.17, 15) is 4.79 Å².